The third-order valence-corrected chi connectivity index (χ3v) is 3.92. The molecule has 0 unspecified atom stereocenters. The molecule has 1 aliphatic heterocycles. The molecule has 0 radical (unpaired) electrons. The van der Waals surface area contributed by atoms with E-state index < -0.39 is 17.7 Å². The molecule has 1 aromatic carbocycles. The van der Waals surface area contributed by atoms with Crippen molar-refractivity contribution in [3.8, 4) is 5.75 Å². The topological polar surface area (TPSA) is 55.8 Å². The van der Waals surface area contributed by atoms with Gasteiger partial charge in [-0.3, -0.25) is 4.90 Å². The second-order valence-electron chi connectivity index (χ2n) is 7.50. The van der Waals surface area contributed by atoms with E-state index in [1.807, 2.05) is 45.0 Å². The number of carbonyl (C=O) groups excluding carboxylic acids is 2. The van der Waals surface area contributed by atoms with Crippen LogP contribution >= 0.6 is 0 Å². The predicted molar refractivity (Wildman–Crippen MR) is 92.4 cm³/mol. The van der Waals surface area contributed by atoms with Crippen molar-refractivity contribution in [1.82, 2.24) is 4.90 Å². The van der Waals surface area contributed by atoms with Gasteiger partial charge >= 0.3 is 6.09 Å². The Labute approximate surface area is 143 Å². The van der Waals surface area contributed by atoms with Crippen molar-refractivity contribution in [1.29, 1.82) is 0 Å². The van der Waals surface area contributed by atoms with Crippen LogP contribution in [0.4, 0.5) is 4.79 Å². The van der Waals surface area contributed by atoms with Crippen LogP contribution in [0, 0.1) is 0 Å². The van der Waals surface area contributed by atoms with Crippen molar-refractivity contribution in [3.05, 3.63) is 29.8 Å². The Morgan fingerprint density at radius 3 is 2.54 bits per heavy atom. The van der Waals surface area contributed by atoms with Crippen LogP contribution in [-0.2, 0) is 9.53 Å². The molecule has 0 spiro atoms. The number of aldehydes is 1. The Bertz CT molecular complexity index is 591. The van der Waals surface area contributed by atoms with E-state index in [1.165, 1.54) is 4.90 Å². The summed E-state index contributed by atoms with van der Waals surface area (Å²) in [6, 6.07) is 7.38. The number of hydrogen-bond acceptors (Lipinski definition) is 4. The average Bonchev–Trinajstić information content (AvgIpc) is 2.89. The lowest BCUT2D eigenvalue weighted by molar-refractivity contribution is -0.111. The van der Waals surface area contributed by atoms with Gasteiger partial charge in [0.15, 0.2) is 0 Å². The number of rotatable bonds is 4. The molecule has 0 N–H and O–H groups in total. The van der Waals surface area contributed by atoms with E-state index in [9.17, 15) is 9.59 Å². The summed E-state index contributed by atoms with van der Waals surface area (Å²) in [5.74, 6) is 1.15. The Morgan fingerprint density at radius 2 is 1.96 bits per heavy atom. The highest BCUT2D eigenvalue weighted by Crippen LogP contribution is 2.30. The Morgan fingerprint density at radius 1 is 1.29 bits per heavy atom. The highest BCUT2D eigenvalue weighted by atomic mass is 16.6. The third kappa shape index (κ3) is 4.49. The molecule has 2 atom stereocenters. The van der Waals surface area contributed by atoms with Gasteiger partial charge in [-0.05, 0) is 38.3 Å². The number of likely N-dealkylation sites (tertiary alicyclic amines) is 1. The van der Waals surface area contributed by atoms with Crippen LogP contribution in [0.15, 0.2) is 24.3 Å². The maximum absolute atomic E-state index is 12.3. The van der Waals surface area contributed by atoms with Crippen LogP contribution in [0.5, 0.6) is 5.75 Å². The molecule has 1 aliphatic rings. The number of ether oxygens (including phenoxy) is 2. The first-order chi connectivity index (χ1) is 11.2. The summed E-state index contributed by atoms with van der Waals surface area (Å²) < 4.78 is 11.5. The van der Waals surface area contributed by atoms with E-state index in [0.29, 0.717) is 18.9 Å². The molecule has 0 aliphatic carbocycles. The first-order valence-corrected chi connectivity index (χ1v) is 8.41. The number of nitrogens with zero attached hydrogens (tertiary/aromatic N) is 1. The molecule has 5 nitrogen and oxygen atoms in total. The van der Waals surface area contributed by atoms with Crippen LogP contribution in [0.2, 0.25) is 0 Å². The predicted octanol–water partition coefficient (Wildman–Crippen LogP) is 3.77. The number of hydrogen-bond donors (Lipinski definition) is 0. The SMILES string of the molecule is CC(C)c1ccccc1O[C@@H]1C[C@@H](C=O)N(C(=O)OC(C)(C)C)C1. The monoisotopic (exact) mass is 333 g/mol. The molecule has 1 aromatic rings. The molecule has 5 heteroatoms. The zero-order valence-electron chi connectivity index (χ0n) is 15.1. The summed E-state index contributed by atoms with van der Waals surface area (Å²) in [5, 5.41) is 0. The van der Waals surface area contributed by atoms with Crippen LogP contribution in [0.25, 0.3) is 0 Å². The van der Waals surface area contributed by atoms with E-state index in [2.05, 4.69) is 13.8 Å². The summed E-state index contributed by atoms with van der Waals surface area (Å²) in [6.07, 6.45) is 0.590. The van der Waals surface area contributed by atoms with Crippen LogP contribution in [0.3, 0.4) is 0 Å². The summed E-state index contributed by atoms with van der Waals surface area (Å²) in [7, 11) is 0. The summed E-state index contributed by atoms with van der Waals surface area (Å²) in [5.41, 5.74) is 0.532. The van der Waals surface area contributed by atoms with E-state index in [4.69, 9.17) is 9.47 Å². The molecule has 24 heavy (non-hydrogen) atoms. The van der Waals surface area contributed by atoms with Crippen molar-refractivity contribution >= 4 is 12.4 Å². The molecule has 1 heterocycles. The van der Waals surface area contributed by atoms with Gasteiger partial charge in [0.1, 0.15) is 23.7 Å². The molecule has 0 saturated carbocycles. The summed E-state index contributed by atoms with van der Waals surface area (Å²) in [6.45, 7) is 10.00. The van der Waals surface area contributed by atoms with Crippen molar-refractivity contribution in [2.24, 2.45) is 0 Å². The molecular weight excluding hydrogens is 306 g/mol. The second kappa shape index (κ2) is 7.24. The zero-order chi connectivity index (χ0) is 17.9. The van der Waals surface area contributed by atoms with E-state index in [0.717, 1.165) is 17.6 Å². The lowest BCUT2D eigenvalue weighted by atomic mass is 10.0. The first-order valence-electron chi connectivity index (χ1n) is 8.41. The molecular formula is C19H27NO4. The van der Waals surface area contributed by atoms with E-state index in [1.54, 1.807) is 0 Å². The molecule has 132 valence electrons. The minimum absolute atomic E-state index is 0.215. The third-order valence-electron chi connectivity index (χ3n) is 3.92. The number of benzene rings is 1. The van der Waals surface area contributed by atoms with Gasteiger partial charge in [0.2, 0.25) is 0 Å². The normalized spacial score (nSPS) is 21.0. The van der Waals surface area contributed by atoms with Crippen molar-refractivity contribution in [2.75, 3.05) is 6.54 Å². The maximum atomic E-state index is 12.3. The zero-order valence-corrected chi connectivity index (χ0v) is 15.1. The Kier molecular flexibility index (Phi) is 5.52. The van der Waals surface area contributed by atoms with Gasteiger partial charge in [-0.2, -0.15) is 0 Å². The van der Waals surface area contributed by atoms with Gasteiger partial charge in [-0.1, -0.05) is 32.0 Å². The van der Waals surface area contributed by atoms with Crippen molar-refractivity contribution in [3.63, 3.8) is 0 Å². The fourth-order valence-corrected chi connectivity index (χ4v) is 2.82. The van der Waals surface area contributed by atoms with E-state index in [-0.39, 0.29) is 6.10 Å². The van der Waals surface area contributed by atoms with Gasteiger partial charge in [0, 0.05) is 6.42 Å². The standard InChI is InChI=1S/C19H27NO4/c1-13(2)16-8-6-7-9-17(16)23-15-10-14(12-21)20(11-15)18(22)24-19(3,4)5/h6-9,12-15H,10-11H2,1-5H3/t14-,15+/m0/s1. The van der Waals surface area contributed by atoms with Crippen LogP contribution < -0.4 is 4.74 Å². The highest BCUT2D eigenvalue weighted by molar-refractivity contribution is 5.74. The number of amides is 1. The molecule has 1 fully saturated rings. The average molecular weight is 333 g/mol. The fourth-order valence-electron chi connectivity index (χ4n) is 2.82. The Hall–Kier alpha value is -2.04. The molecule has 2 rings (SSSR count). The van der Waals surface area contributed by atoms with Crippen LogP contribution in [0.1, 0.15) is 52.5 Å². The van der Waals surface area contributed by atoms with Crippen molar-refractivity contribution < 1.29 is 19.1 Å². The lowest BCUT2D eigenvalue weighted by Crippen LogP contribution is -2.41. The van der Waals surface area contributed by atoms with Gasteiger partial charge < -0.3 is 14.3 Å². The lowest BCUT2D eigenvalue weighted by Gasteiger charge is -2.26. The van der Waals surface area contributed by atoms with Gasteiger partial charge in [0.05, 0.1) is 12.6 Å². The van der Waals surface area contributed by atoms with Crippen LogP contribution in [-0.4, -0.2) is 41.6 Å². The minimum atomic E-state index is -0.590. The van der Waals surface area contributed by atoms with E-state index >= 15 is 0 Å². The smallest absolute Gasteiger partial charge is 0.411 e. The largest absolute Gasteiger partial charge is 0.488 e. The molecule has 1 saturated heterocycles. The molecule has 0 aromatic heterocycles. The van der Waals surface area contributed by atoms with Gasteiger partial charge in [-0.25, -0.2) is 4.79 Å². The molecule has 1 amide bonds. The first kappa shape index (κ1) is 18.3. The second-order valence-corrected chi connectivity index (χ2v) is 7.50. The number of para-hydroxylation sites is 1. The molecule has 0 bridgehead atoms. The quantitative estimate of drug-likeness (QED) is 0.787. The Balaban J connectivity index is 2.09. The maximum Gasteiger partial charge on any atom is 0.411 e. The van der Waals surface area contributed by atoms with Gasteiger partial charge in [-0.15, -0.1) is 0 Å². The minimum Gasteiger partial charge on any atom is -0.488 e. The highest BCUT2D eigenvalue weighted by Gasteiger charge is 2.38. The van der Waals surface area contributed by atoms with Crippen molar-refractivity contribution in [2.45, 2.75) is 64.7 Å². The number of carbonyl (C=O) groups is 2. The summed E-state index contributed by atoms with van der Waals surface area (Å²) in [4.78, 5) is 25.1. The van der Waals surface area contributed by atoms with Gasteiger partial charge in [0.25, 0.3) is 0 Å². The summed E-state index contributed by atoms with van der Waals surface area (Å²) >= 11 is 0. The fraction of sp³-hybridized carbons (Fsp3) is 0.579.